The van der Waals surface area contributed by atoms with Gasteiger partial charge in [-0.15, -0.1) is 0 Å². The van der Waals surface area contributed by atoms with Crippen molar-refractivity contribution in [3.05, 3.63) is 17.5 Å². The summed E-state index contributed by atoms with van der Waals surface area (Å²) in [6.45, 7) is 5.88. The summed E-state index contributed by atoms with van der Waals surface area (Å²) < 4.78 is 5.09. The van der Waals surface area contributed by atoms with E-state index in [1.54, 1.807) is 13.0 Å². The SMILES string of the molecule is CC(C)c1cc(C(=O)N2CCCC2(C)C(=O)O)no1. The molecule has 1 aliphatic rings. The number of hydrogen-bond donors (Lipinski definition) is 1. The predicted molar refractivity (Wildman–Crippen MR) is 66.9 cm³/mol. The number of amides is 1. The average Bonchev–Trinajstić information content (AvgIpc) is 2.95. The van der Waals surface area contributed by atoms with Crippen molar-refractivity contribution < 1.29 is 19.2 Å². The van der Waals surface area contributed by atoms with E-state index in [9.17, 15) is 14.7 Å². The van der Waals surface area contributed by atoms with Gasteiger partial charge in [-0.25, -0.2) is 4.79 Å². The molecule has 1 fully saturated rings. The van der Waals surface area contributed by atoms with Crippen LogP contribution in [0, 0.1) is 0 Å². The van der Waals surface area contributed by atoms with Crippen molar-refractivity contribution in [3.8, 4) is 0 Å². The van der Waals surface area contributed by atoms with Crippen LogP contribution in [-0.2, 0) is 4.79 Å². The molecule has 1 N–H and O–H groups in total. The number of likely N-dealkylation sites (tertiary alicyclic amines) is 1. The second-order valence-corrected chi connectivity index (χ2v) is 5.41. The molecule has 1 unspecified atom stereocenters. The van der Waals surface area contributed by atoms with Crippen LogP contribution in [0.1, 0.15) is 55.8 Å². The number of aromatic nitrogens is 1. The first kappa shape index (κ1) is 13.6. The van der Waals surface area contributed by atoms with Crippen molar-refractivity contribution in [2.45, 2.75) is 45.1 Å². The Kier molecular flexibility index (Phi) is 3.34. The lowest BCUT2D eigenvalue weighted by molar-refractivity contribution is -0.147. The quantitative estimate of drug-likeness (QED) is 0.903. The molecule has 1 aliphatic heterocycles. The lowest BCUT2D eigenvalue weighted by atomic mass is 9.99. The monoisotopic (exact) mass is 266 g/mol. The summed E-state index contributed by atoms with van der Waals surface area (Å²) in [6, 6.07) is 1.59. The van der Waals surface area contributed by atoms with Gasteiger partial charge in [0, 0.05) is 18.5 Å². The zero-order valence-electron chi connectivity index (χ0n) is 11.3. The van der Waals surface area contributed by atoms with E-state index in [1.165, 1.54) is 4.90 Å². The molecule has 2 heterocycles. The number of rotatable bonds is 3. The fraction of sp³-hybridized carbons (Fsp3) is 0.615. The van der Waals surface area contributed by atoms with E-state index in [4.69, 9.17) is 4.52 Å². The van der Waals surface area contributed by atoms with Crippen LogP contribution in [0.3, 0.4) is 0 Å². The third kappa shape index (κ3) is 2.22. The smallest absolute Gasteiger partial charge is 0.329 e. The van der Waals surface area contributed by atoms with Crippen LogP contribution in [0.5, 0.6) is 0 Å². The Morgan fingerprint density at radius 2 is 2.21 bits per heavy atom. The van der Waals surface area contributed by atoms with Crippen molar-refractivity contribution in [1.29, 1.82) is 0 Å². The van der Waals surface area contributed by atoms with Gasteiger partial charge < -0.3 is 14.5 Å². The van der Waals surface area contributed by atoms with Gasteiger partial charge in [0.25, 0.3) is 5.91 Å². The molecule has 0 aromatic carbocycles. The van der Waals surface area contributed by atoms with Gasteiger partial charge in [0.1, 0.15) is 11.3 Å². The third-order valence-corrected chi connectivity index (χ3v) is 3.66. The highest BCUT2D eigenvalue weighted by Crippen LogP contribution is 2.31. The van der Waals surface area contributed by atoms with E-state index in [0.717, 1.165) is 0 Å². The van der Waals surface area contributed by atoms with Crippen molar-refractivity contribution in [2.24, 2.45) is 0 Å². The van der Waals surface area contributed by atoms with Gasteiger partial charge in [-0.2, -0.15) is 0 Å². The molecule has 1 atom stereocenters. The Labute approximate surface area is 111 Å². The van der Waals surface area contributed by atoms with Crippen molar-refractivity contribution in [1.82, 2.24) is 10.1 Å². The van der Waals surface area contributed by atoms with Gasteiger partial charge in [-0.3, -0.25) is 4.79 Å². The molecule has 1 aromatic rings. The molecule has 1 amide bonds. The number of carboxylic acid groups (broad SMARTS) is 1. The lowest BCUT2D eigenvalue weighted by Gasteiger charge is -2.30. The highest BCUT2D eigenvalue weighted by atomic mass is 16.5. The van der Waals surface area contributed by atoms with Crippen molar-refractivity contribution in [2.75, 3.05) is 6.54 Å². The zero-order chi connectivity index (χ0) is 14.2. The van der Waals surface area contributed by atoms with Gasteiger partial charge in [0.05, 0.1) is 0 Å². The zero-order valence-corrected chi connectivity index (χ0v) is 11.3. The summed E-state index contributed by atoms with van der Waals surface area (Å²) in [7, 11) is 0. The Morgan fingerprint density at radius 1 is 1.53 bits per heavy atom. The lowest BCUT2D eigenvalue weighted by Crippen LogP contribution is -2.50. The molecule has 6 nitrogen and oxygen atoms in total. The van der Waals surface area contributed by atoms with E-state index in [1.807, 2.05) is 13.8 Å². The number of carbonyl (C=O) groups is 2. The molecule has 19 heavy (non-hydrogen) atoms. The van der Waals surface area contributed by atoms with Gasteiger partial charge in [-0.05, 0) is 19.8 Å². The van der Waals surface area contributed by atoms with Crippen LogP contribution in [0.25, 0.3) is 0 Å². The Morgan fingerprint density at radius 3 is 2.74 bits per heavy atom. The fourth-order valence-corrected chi connectivity index (χ4v) is 2.31. The molecule has 2 rings (SSSR count). The molecule has 0 saturated carbocycles. The highest BCUT2D eigenvalue weighted by Gasteiger charge is 2.46. The molecule has 1 saturated heterocycles. The van der Waals surface area contributed by atoms with E-state index < -0.39 is 11.5 Å². The molecule has 0 radical (unpaired) electrons. The number of hydrogen-bond acceptors (Lipinski definition) is 4. The summed E-state index contributed by atoms with van der Waals surface area (Å²) in [4.78, 5) is 25.1. The summed E-state index contributed by atoms with van der Waals surface area (Å²) in [5, 5.41) is 13.0. The average molecular weight is 266 g/mol. The number of carbonyl (C=O) groups excluding carboxylic acids is 1. The molecule has 0 bridgehead atoms. The van der Waals surface area contributed by atoms with Crippen LogP contribution in [-0.4, -0.2) is 39.1 Å². The van der Waals surface area contributed by atoms with Crippen LogP contribution in [0.4, 0.5) is 0 Å². The van der Waals surface area contributed by atoms with Crippen LogP contribution >= 0.6 is 0 Å². The standard InChI is InChI=1S/C13H18N2O4/c1-8(2)10-7-9(14-19-10)11(16)15-6-4-5-13(15,3)12(17)18/h7-8H,4-6H2,1-3H3,(H,17,18). The van der Waals surface area contributed by atoms with Crippen LogP contribution in [0.15, 0.2) is 10.6 Å². The minimum absolute atomic E-state index is 0.137. The maximum atomic E-state index is 12.3. The first-order chi connectivity index (χ1) is 8.86. The first-order valence-corrected chi connectivity index (χ1v) is 6.38. The molecule has 0 aliphatic carbocycles. The number of carboxylic acids is 1. The topological polar surface area (TPSA) is 83.6 Å². The highest BCUT2D eigenvalue weighted by molar-refractivity contribution is 5.96. The Bertz CT molecular complexity index is 508. The molecular weight excluding hydrogens is 248 g/mol. The third-order valence-electron chi connectivity index (χ3n) is 3.66. The maximum Gasteiger partial charge on any atom is 0.329 e. The van der Waals surface area contributed by atoms with E-state index >= 15 is 0 Å². The van der Waals surface area contributed by atoms with Gasteiger partial charge >= 0.3 is 5.97 Å². The van der Waals surface area contributed by atoms with Gasteiger partial charge in [0.15, 0.2) is 5.69 Å². The summed E-state index contributed by atoms with van der Waals surface area (Å²) >= 11 is 0. The molecule has 1 aromatic heterocycles. The largest absolute Gasteiger partial charge is 0.480 e. The molecule has 104 valence electrons. The van der Waals surface area contributed by atoms with Crippen LogP contribution < -0.4 is 0 Å². The Hall–Kier alpha value is -1.85. The van der Waals surface area contributed by atoms with Crippen LogP contribution in [0.2, 0.25) is 0 Å². The van der Waals surface area contributed by atoms with Crippen molar-refractivity contribution >= 4 is 11.9 Å². The van der Waals surface area contributed by atoms with Crippen molar-refractivity contribution in [3.63, 3.8) is 0 Å². The normalized spacial score (nSPS) is 23.1. The summed E-state index contributed by atoms with van der Waals surface area (Å²) in [5.41, 5.74) is -0.966. The number of aliphatic carboxylic acids is 1. The molecule has 6 heteroatoms. The second kappa shape index (κ2) is 4.68. The van der Waals surface area contributed by atoms with E-state index in [2.05, 4.69) is 5.16 Å². The van der Waals surface area contributed by atoms with Gasteiger partial charge in [-0.1, -0.05) is 19.0 Å². The van der Waals surface area contributed by atoms with E-state index in [-0.39, 0.29) is 17.5 Å². The summed E-state index contributed by atoms with van der Waals surface area (Å²) in [6.07, 6.45) is 1.15. The second-order valence-electron chi connectivity index (χ2n) is 5.41. The predicted octanol–water partition coefficient (Wildman–Crippen LogP) is 1.88. The minimum atomic E-state index is -1.14. The van der Waals surface area contributed by atoms with E-state index in [0.29, 0.717) is 25.1 Å². The fourth-order valence-electron chi connectivity index (χ4n) is 2.31. The maximum absolute atomic E-state index is 12.3. The first-order valence-electron chi connectivity index (χ1n) is 6.38. The number of nitrogens with zero attached hydrogens (tertiary/aromatic N) is 2. The van der Waals surface area contributed by atoms with Gasteiger partial charge in [0.2, 0.25) is 0 Å². The summed E-state index contributed by atoms with van der Waals surface area (Å²) in [5.74, 6) is -0.595. The molecule has 0 spiro atoms. The Balaban J connectivity index is 2.25. The molecular formula is C13H18N2O4. The minimum Gasteiger partial charge on any atom is -0.480 e.